The lowest BCUT2D eigenvalue weighted by molar-refractivity contribution is 0.0789. The minimum atomic E-state index is -0.0201. The molecule has 2 N–H and O–H groups in total. The number of hydrogen-bond donors (Lipinski definition) is 1. The molecule has 0 saturated carbocycles. The average molecular weight is 348 g/mol. The van der Waals surface area contributed by atoms with Crippen molar-refractivity contribution in [2.45, 2.75) is 26.3 Å². The summed E-state index contributed by atoms with van der Waals surface area (Å²) in [6, 6.07) is 5.30. The second-order valence-electron chi connectivity index (χ2n) is 5.05. The first kappa shape index (κ1) is 16.5. The topological polar surface area (TPSA) is 46.3 Å². The molecule has 0 saturated heterocycles. The number of hydrogen-bond acceptors (Lipinski definition) is 2. The zero-order valence-electron chi connectivity index (χ0n) is 11.5. The molecular formula is C14H20BrClN2O. The van der Waals surface area contributed by atoms with Crippen molar-refractivity contribution < 1.29 is 4.79 Å². The highest BCUT2D eigenvalue weighted by molar-refractivity contribution is 9.10. The fourth-order valence-corrected chi connectivity index (χ4v) is 2.12. The van der Waals surface area contributed by atoms with Crippen LogP contribution in [0.25, 0.3) is 0 Å². The zero-order valence-corrected chi connectivity index (χ0v) is 13.8. The monoisotopic (exact) mass is 346 g/mol. The molecule has 1 aromatic rings. The fraction of sp³-hybridized carbons (Fsp3) is 0.500. The first-order chi connectivity index (χ1) is 8.82. The van der Waals surface area contributed by atoms with Gasteiger partial charge in [0.25, 0.3) is 5.91 Å². The predicted octanol–water partition coefficient (Wildman–Crippen LogP) is 3.55. The Balaban J connectivity index is 2.64. The first-order valence-corrected chi connectivity index (χ1v) is 7.46. The van der Waals surface area contributed by atoms with Gasteiger partial charge in [-0.3, -0.25) is 4.79 Å². The number of carbonyl (C=O) groups is 1. The van der Waals surface area contributed by atoms with Crippen LogP contribution in [-0.4, -0.2) is 30.4 Å². The Hall–Kier alpha value is -0.580. The Labute approximate surface area is 128 Å². The largest absolute Gasteiger partial charge is 0.342 e. The van der Waals surface area contributed by atoms with Crippen LogP contribution in [0.15, 0.2) is 22.7 Å². The van der Waals surface area contributed by atoms with E-state index in [9.17, 15) is 4.79 Å². The van der Waals surface area contributed by atoms with E-state index < -0.39 is 0 Å². The quantitative estimate of drug-likeness (QED) is 0.885. The summed E-state index contributed by atoms with van der Waals surface area (Å²) in [7, 11) is 1.79. The van der Waals surface area contributed by atoms with Crippen LogP contribution in [0.4, 0.5) is 0 Å². The minimum absolute atomic E-state index is 0.0201. The number of nitrogens with zero attached hydrogens (tertiary/aromatic N) is 1. The second-order valence-corrected chi connectivity index (χ2v) is 6.31. The molecule has 19 heavy (non-hydrogen) atoms. The first-order valence-electron chi connectivity index (χ1n) is 6.29. The van der Waals surface area contributed by atoms with Gasteiger partial charge in [0.05, 0.1) is 5.02 Å². The number of halogens is 2. The molecule has 0 radical (unpaired) electrons. The summed E-state index contributed by atoms with van der Waals surface area (Å²) < 4.78 is 0.729. The average Bonchev–Trinajstić information content (AvgIpc) is 2.37. The smallest absolute Gasteiger partial charge is 0.253 e. The van der Waals surface area contributed by atoms with Crippen molar-refractivity contribution in [3.63, 3.8) is 0 Å². The van der Waals surface area contributed by atoms with Gasteiger partial charge in [-0.05, 0) is 46.5 Å². The lowest BCUT2D eigenvalue weighted by Crippen LogP contribution is -2.34. The van der Waals surface area contributed by atoms with E-state index in [1.807, 2.05) is 0 Å². The van der Waals surface area contributed by atoms with Crippen LogP contribution in [0.3, 0.4) is 0 Å². The van der Waals surface area contributed by atoms with Crippen molar-refractivity contribution >= 4 is 33.4 Å². The van der Waals surface area contributed by atoms with E-state index in [1.54, 1.807) is 30.1 Å². The summed E-state index contributed by atoms with van der Waals surface area (Å²) >= 11 is 9.24. The Bertz CT molecular complexity index is 451. The Morgan fingerprint density at radius 1 is 1.47 bits per heavy atom. The normalized spacial score (nSPS) is 12.6. The lowest BCUT2D eigenvalue weighted by atomic mass is 10.0. The van der Waals surface area contributed by atoms with Crippen LogP contribution in [0.2, 0.25) is 5.02 Å². The third-order valence-electron chi connectivity index (χ3n) is 3.17. The van der Waals surface area contributed by atoms with Gasteiger partial charge in [0.1, 0.15) is 0 Å². The van der Waals surface area contributed by atoms with E-state index >= 15 is 0 Å². The van der Waals surface area contributed by atoms with E-state index in [4.69, 9.17) is 17.3 Å². The summed E-state index contributed by atoms with van der Waals surface area (Å²) in [4.78, 5) is 13.9. The molecule has 1 rings (SSSR count). The van der Waals surface area contributed by atoms with Crippen molar-refractivity contribution in [2.75, 3.05) is 13.6 Å². The van der Waals surface area contributed by atoms with Gasteiger partial charge in [-0.25, -0.2) is 0 Å². The highest BCUT2D eigenvalue weighted by Gasteiger charge is 2.15. The Morgan fingerprint density at radius 2 is 2.11 bits per heavy atom. The highest BCUT2D eigenvalue weighted by Crippen LogP contribution is 2.23. The van der Waals surface area contributed by atoms with Crippen LogP contribution in [0.1, 0.15) is 30.6 Å². The van der Waals surface area contributed by atoms with E-state index in [0.29, 0.717) is 23.0 Å². The summed E-state index contributed by atoms with van der Waals surface area (Å²) in [6.45, 7) is 4.82. The van der Waals surface area contributed by atoms with Gasteiger partial charge < -0.3 is 10.6 Å². The van der Waals surface area contributed by atoms with Gasteiger partial charge in [0.2, 0.25) is 0 Å². The second kappa shape index (κ2) is 7.27. The van der Waals surface area contributed by atoms with Crippen LogP contribution in [0, 0.1) is 5.92 Å². The molecule has 0 heterocycles. The molecule has 5 heteroatoms. The maximum absolute atomic E-state index is 12.2. The molecule has 0 aliphatic heterocycles. The molecule has 0 aromatic heterocycles. The van der Waals surface area contributed by atoms with Gasteiger partial charge >= 0.3 is 0 Å². The van der Waals surface area contributed by atoms with Gasteiger partial charge in [-0.1, -0.05) is 25.4 Å². The molecule has 0 aliphatic carbocycles. The van der Waals surface area contributed by atoms with Crippen molar-refractivity contribution in [3.8, 4) is 0 Å². The molecule has 1 amide bonds. The number of benzene rings is 1. The standard InChI is InChI=1S/C14H20BrClN2O/c1-9(2)13(17)6-7-18(3)14(19)10-4-5-12(16)11(15)8-10/h4-5,8-9,13H,6-7,17H2,1-3H3. The van der Waals surface area contributed by atoms with E-state index in [1.165, 1.54) is 0 Å². The molecule has 3 nitrogen and oxygen atoms in total. The van der Waals surface area contributed by atoms with Crippen LogP contribution in [-0.2, 0) is 0 Å². The number of carbonyl (C=O) groups excluding carboxylic acids is 1. The van der Waals surface area contributed by atoms with Crippen molar-refractivity contribution in [3.05, 3.63) is 33.3 Å². The lowest BCUT2D eigenvalue weighted by Gasteiger charge is -2.21. The number of amides is 1. The van der Waals surface area contributed by atoms with Gasteiger partial charge in [-0.15, -0.1) is 0 Å². The van der Waals surface area contributed by atoms with E-state index in [0.717, 1.165) is 10.9 Å². The summed E-state index contributed by atoms with van der Waals surface area (Å²) in [5.41, 5.74) is 6.61. The Morgan fingerprint density at radius 3 is 2.63 bits per heavy atom. The molecule has 0 fully saturated rings. The molecule has 106 valence electrons. The molecule has 0 spiro atoms. The SMILES string of the molecule is CC(C)C(N)CCN(C)C(=O)c1ccc(Cl)c(Br)c1. The minimum Gasteiger partial charge on any atom is -0.342 e. The Kier molecular flexibility index (Phi) is 6.30. The summed E-state index contributed by atoms with van der Waals surface area (Å²) in [5, 5.41) is 0.598. The van der Waals surface area contributed by atoms with Crippen LogP contribution in [0.5, 0.6) is 0 Å². The zero-order chi connectivity index (χ0) is 14.6. The van der Waals surface area contributed by atoms with Crippen molar-refractivity contribution in [1.82, 2.24) is 4.90 Å². The summed E-state index contributed by atoms with van der Waals surface area (Å²) in [6.07, 6.45) is 0.800. The summed E-state index contributed by atoms with van der Waals surface area (Å²) in [5.74, 6) is 0.404. The van der Waals surface area contributed by atoms with Crippen molar-refractivity contribution in [1.29, 1.82) is 0 Å². The number of rotatable bonds is 5. The third-order valence-corrected chi connectivity index (χ3v) is 4.38. The third kappa shape index (κ3) is 4.79. The molecule has 1 atom stereocenters. The maximum atomic E-state index is 12.2. The molecule has 0 aliphatic rings. The molecular weight excluding hydrogens is 328 g/mol. The van der Waals surface area contributed by atoms with E-state index in [-0.39, 0.29) is 11.9 Å². The van der Waals surface area contributed by atoms with Gasteiger partial charge in [-0.2, -0.15) is 0 Å². The maximum Gasteiger partial charge on any atom is 0.253 e. The molecule has 1 unspecified atom stereocenters. The van der Waals surface area contributed by atoms with Gasteiger partial charge in [0.15, 0.2) is 0 Å². The van der Waals surface area contributed by atoms with Gasteiger partial charge in [0, 0.05) is 29.7 Å². The molecule has 0 bridgehead atoms. The molecule has 1 aromatic carbocycles. The van der Waals surface area contributed by atoms with Crippen LogP contribution < -0.4 is 5.73 Å². The highest BCUT2D eigenvalue weighted by atomic mass is 79.9. The predicted molar refractivity (Wildman–Crippen MR) is 83.5 cm³/mol. The van der Waals surface area contributed by atoms with E-state index in [2.05, 4.69) is 29.8 Å². The fourth-order valence-electron chi connectivity index (χ4n) is 1.63. The number of nitrogens with two attached hydrogens (primary N) is 1. The van der Waals surface area contributed by atoms with Crippen LogP contribution >= 0.6 is 27.5 Å². The van der Waals surface area contributed by atoms with Crippen molar-refractivity contribution in [2.24, 2.45) is 11.7 Å².